The quantitative estimate of drug-likeness (QED) is 0.723. The van der Waals surface area contributed by atoms with Crippen LogP contribution in [0.1, 0.15) is 5.56 Å². The molecule has 5 nitrogen and oxygen atoms in total. The second kappa shape index (κ2) is 6.03. The van der Waals surface area contributed by atoms with Gasteiger partial charge in [0.05, 0.1) is 18.3 Å². The highest BCUT2D eigenvalue weighted by atomic mass is 32.2. The molecule has 0 fully saturated rings. The fourth-order valence-electron chi connectivity index (χ4n) is 2.23. The van der Waals surface area contributed by atoms with Gasteiger partial charge in [0.25, 0.3) is 0 Å². The van der Waals surface area contributed by atoms with Crippen LogP contribution in [0.5, 0.6) is 0 Å². The summed E-state index contributed by atoms with van der Waals surface area (Å²) in [7, 11) is -2.41. The molecule has 0 saturated heterocycles. The van der Waals surface area contributed by atoms with E-state index in [4.69, 9.17) is 10.2 Å². The van der Waals surface area contributed by atoms with E-state index in [1.807, 2.05) is 24.3 Å². The maximum Gasteiger partial charge on any atom is 0.144 e. The highest BCUT2D eigenvalue weighted by molar-refractivity contribution is 7.71. The minimum absolute atomic E-state index is 0.0515. The van der Waals surface area contributed by atoms with Crippen molar-refractivity contribution in [1.29, 1.82) is 0 Å². The predicted octanol–water partition coefficient (Wildman–Crippen LogP) is 2.70. The summed E-state index contributed by atoms with van der Waals surface area (Å²) in [5.41, 5.74) is 10.2. The van der Waals surface area contributed by atoms with E-state index in [2.05, 4.69) is 4.98 Å². The lowest BCUT2D eigenvalue weighted by molar-refractivity contribution is 0.568. The third-order valence-corrected chi connectivity index (χ3v) is 3.97. The first-order valence-electron chi connectivity index (χ1n) is 6.62. The van der Waals surface area contributed by atoms with Crippen molar-refractivity contribution in [2.24, 2.45) is 0 Å². The van der Waals surface area contributed by atoms with Crippen molar-refractivity contribution in [3.8, 4) is 22.3 Å². The fraction of sp³-hybridized carbons (Fsp3) is 0.0625. The molecule has 0 aliphatic heterocycles. The molecular weight excluding hydrogens is 300 g/mol. The number of nitrogens with zero attached hydrogens (tertiary/aromatic N) is 1. The molecule has 3 rings (SSSR count). The number of rotatable bonds is 4. The molecule has 1 aromatic carbocycles. The largest absolute Gasteiger partial charge is 0.472 e. The molecule has 6 heteroatoms. The molecule has 0 saturated carbocycles. The van der Waals surface area contributed by atoms with Gasteiger partial charge >= 0.3 is 0 Å². The second-order valence-electron chi connectivity index (χ2n) is 4.86. The van der Waals surface area contributed by atoms with Crippen molar-refractivity contribution in [2.75, 3.05) is 5.73 Å². The molecule has 0 aliphatic carbocycles. The maximum absolute atomic E-state index is 10.7. The minimum Gasteiger partial charge on any atom is -0.472 e. The van der Waals surface area contributed by atoms with Gasteiger partial charge in [0.1, 0.15) is 16.5 Å². The van der Waals surface area contributed by atoms with Gasteiger partial charge in [-0.05, 0) is 23.3 Å². The van der Waals surface area contributed by atoms with Crippen LogP contribution in [0.4, 0.5) is 5.82 Å². The molecular formula is C16H14N2O3S. The highest BCUT2D eigenvalue weighted by Crippen LogP contribution is 2.29. The van der Waals surface area contributed by atoms with E-state index in [1.54, 1.807) is 30.9 Å². The summed E-state index contributed by atoms with van der Waals surface area (Å²) in [6, 6.07) is 11.1. The molecule has 0 atom stereocenters. The number of hydrogen-bond acceptors (Lipinski definition) is 5. The number of benzene rings is 1. The van der Waals surface area contributed by atoms with E-state index in [0.717, 1.165) is 27.8 Å². The van der Waals surface area contributed by atoms with Crippen LogP contribution in [0.3, 0.4) is 0 Å². The number of pyridine rings is 1. The Kier molecular flexibility index (Phi) is 3.93. The number of hydrogen-bond donors (Lipinski definition) is 2. The number of nitrogens with two attached hydrogens (primary N) is 1. The van der Waals surface area contributed by atoms with Gasteiger partial charge in [0.15, 0.2) is 0 Å². The molecule has 0 amide bonds. The molecule has 2 N–H and O–H groups in total. The van der Waals surface area contributed by atoms with Crippen molar-refractivity contribution in [2.45, 2.75) is 5.75 Å². The van der Waals surface area contributed by atoms with Gasteiger partial charge < -0.3 is 10.2 Å². The molecule has 0 aliphatic rings. The van der Waals surface area contributed by atoms with E-state index in [1.165, 1.54) is 0 Å². The van der Waals surface area contributed by atoms with Crippen molar-refractivity contribution >= 4 is 16.5 Å². The van der Waals surface area contributed by atoms with E-state index >= 15 is 0 Å². The molecule has 2 aromatic heterocycles. The Morgan fingerprint density at radius 3 is 2.45 bits per heavy atom. The zero-order chi connectivity index (χ0) is 15.5. The molecule has 0 spiro atoms. The number of anilines is 1. The van der Waals surface area contributed by atoms with Gasteiger partial charge in [0, 0.05) is 22.9 Å². The zero-order valence-corrected chi connectivity index (χ0v) is 12.5. The number of furan rings is 1. The van der Waals surface area contributed by atoms with Gasteiger partial charge in [-0.1, -0.05) is 24.3 Å². The Hall–Kier alpha value is -2.60. The van der Waals surface area contributed by atoms with E-state index in [9.17, 15) is 8.42 Å². The summed E-state index contributed by atoms with van der Waals surface area (Å²) < 4.78 is 26.6. The van der Waals surface area contributed by atoms with Gasteiger partial charge in [0.2, 0.25) is 0 Å². The average molecular weight is 314 g/mol. The van der Waals surface area contributed by atoms with Gasteiger partial charge in [-0.2, -0.15) is 0 Å². The molecule has 2 heterocycles. The molecule has 3 aromatic rings. The molecule has 0 radical (unpaired) electrons. The lowest BCUT2D eigenvalue weighted by Gasteiger charge is -2.07. The van der Waals surface area contributed by atoms with E-state index in [-0.39, 0.29) is 5.75 Å². The van der Waals surface area contributed by atoms with Gasteiger partial charge in [-0.25, -0.2) is 13.4 Å². The van der Waals surface area contributed by atoms with Crippen LogP contribution in [0.2, 0.25) is 0 Å². The summed E-state index contributed by atoms with van der Waals surface area (Å²) in [6.45, 7) is 0. The summed E-state index contributed by atoms with van der Waals surface area (Å²) in [5, 5.41) is 0. The Bertz CT molecular complexity index is 846. The Morgan fingerprint density at radius 1 is 1.05 bits per heavy atom. The predicted molar refractivity (Wildman–Crippen MR) is 85.8 cm³/mol. The summed E-state index contributed by atoms with van der Waals surface area (Å²) >= 11 is 0. The first-order valence-corrected chi connectivity index (χ1v) is 7.99. The van der Waals surface area contributed by atoms with Crippen molar-refractivity contribution in [3.63, 3.8) is 0 Å². The first kappa shape index (κ1) is 14.3. The van der Waals surface area contributed by atoms with Crippen LogP contribution in [0.25, 0.3) is 22.3 Å². The smallest absolute Gasteiger partial charge is 0.144 e. The molecule has 22 heavy (non-hydrogen) atoms. The zero-order valence-electron chi connectivity index (χ0n) is 11.6. The Balaban J connectivity index is 1.97. The van der Waals surface area contributed by atoms with Crippen LogP contribution in [0.15, 0.2) is 59.5 Å². The summed E-state index contributed by atoms with van der Waals surface area (Å²) in [5.74, 6) is 0.487. The summed E-state index contributed by atoms with van der Waals surface area (Å²) in [4.78, 5) is 4.22. The van der Waals surface area contributed by atoms with Crippen molar-refractivity contribution in [3.05, 3.63) is 60.7 Å². The van der Waals surface area contributed by atoms with Crippen molar-refractivity contribution < 1.29 is 12.8 Å². The van der Waals surface area contributed by atoms with E-state index < -0.39 is 10.7 Å². The molecule has 0 bridgehead atoms. The molecule has 112 valence electrons. The minimum atomic E-state index is -2.41. The SMILES string of the molecule is Nc1ncc(-c2ccc(C[SH](=O)=O)cc2)cc1-c1ccoc1. The third-order valence-electron chi connectivity index (χ3n) is 3.35. The van der Waals surface area contributed by atoms with Crippen LogP contribution >= 0.6 is 0 Å². The lowest BCUT2D eigenvalue weighted by Crippen LogP contribution is -1.94. The van der Waals surface area contributed by atoms with Gasteiger partial charge in [-0.3, -0.25) is 0 Å². The third kappa shape index (κ3) is 3.01. The number of thiol groups is 1. The molecule has 0 unspecified atom stereocenters. The highest BCUT2D eigenvalue weighted by Gasteiger charge is 2.08. The standard InChI is InChI=1S/C16H14N2O3S/c17-16-15(13-5-6-21-9-13)7-14(8-18-16)12-3-1-11(2-4-12)10-22(19)20/h1-9,22H,10H2,(H2,17,18). The van der Waals surface area contributed by atoms with Crippen LogP contribution < -0.4 is 5.73 Å². The van der Waals surface area contributed by atoms with E-state index in [0.29, 0.717) is 5.82 Å². The normalized spacial score (nSPS) is 11.0. The maximum atomic E-state index is 10.7. The fourth-order valence-corrected chi connectivity index (χ4v) is 2.74. The van der Waals surface area contributed by atoms with Gasteiger partial charge in [-0.15, -0.1) is 0 Å². The number of nitrogen functional groups attached to an aromatic ring is 1. The summed E-state index contributed by atoms with van der Waals surface area (Å²) in [6.07, 6.45) is 4.90. The lowest BCUT2D eigenvalue weighted by atomic mass is 10.0. The first-order chi connectivity index (χ1) is 10.6. The Labute approximate surface area is 129 Å². The van der Waals surface area contributed by atoms with Crippen LogP contribution in [-0.2, 0) is 16.5 Å². The van der Waals surface area contributed by atoms with Crippen LogP contribution in [-0.4, -0.2) is 13.4 Å². The Morgan fingerprint density at radius 2 is 1.82 bits per heavy atom. The average Bonchev–Trinajstić information content (AvgIpc) is 3.02. The topological polar surface area (TPSA) is 86.2 Å². The van der Waals surface area contributed by atoms with Crippen molar-refractivity contribution in [1.82, 2.24) is 4.98 Å². The second-order valence-corrected chi connectivity index (χ2v) is 5.84. The van der Waals surface area contributed by atoms with Crippen LogP contribution in [0, 0.1) is 0 Å². The monoisotopic (exact) mass is 314 g/mol. The number of aromatic nitrogens is 1.